The minimum absolute atomic E-state index is 0.176. The molecule has 1 heterocycles. The van der Waals surface area contributed by atoms with Crippen LogP contribution in [0.4, 0.5) is 0 Å². The summed E-state index contributed by atoms with van der Waals surface area (Å²) in [7, 11) is 0. The molecule has 0 amide bonds. The van der Waals surface area contributed by atoms with Gasteiger partial charge < -0.3 is 0 Å². The van der Waals surface area contributed by atoms with Crippen LogP contribution in [-0.4, -0.2) is 69.8 Å². The molecular formula is C8H17AsO5S. The van der Waals surface area contributed by atoms with E-state index in [2.05, 4.69) is 12.6 Å². The van der Waals surface area contributed by atoms with Gasteiger partial charge in [-0.15, -0.1) is 0 Å². The number of aliphatic hydroxyl groups excluding tert-OH is 3. The van der Waals surface area contributed by atoms with Crippen molar-refractivity contribution in [2.24, 2.45) is 0 Å². The van der Waals surface area contributed by atoms with Crippen LogP contribution in [0.15, 0.2) is 0 Å². The fourth-order valence-corrected chi connectivity index (χ4v) is 3.95. The topological polar surface area (TPSA) is 90.2 Å². The predicted molar refractivity (Wildman–Crippen MR) is 59.2 cm³/mol. The first kappa shape index (κ1) is 13.8. The maximum atomic E-state index is 10.1. The van der Waals surface area contributed by atoms with Crippen LogP contribution in [-0.2, 0) is 4.74 Å². The molecule has 0 aliphatic carbocycles. The molecule has 4 N–H and O–H groups in total. The second-order valence-corrected chi connectivity index (χ2v) is 9.28. The summed E-state index contributed by atoms with van der Waals surface area (Å²) < 4.78 is 3.57. The monoisotopic (exact) mass is 300 g/mol. The molecule has 1 rings (SSSR count). The normalized spacial score (nSPS) is 47.2. The van der Waals surface area contributed by atoms with E-state index in [0.29, 0.717) is 0 Å². The Labute approximate surface area is 98.7 Å². The molecule has 0 radical (unpaired) electrons. The zero-order chi connectivity index (χ0) is 11.8. The molecule has 0 spiro atoms. The van der Waals surface area contributed by atoms with Crippen molar-refractivity contribution in [1.82, 2.24) is 0 Å². The van der Waals surface area contributed by atoms with Gasteiger partial charge in [-0.2, -0.15) is 0 Å². The Balaban J connectivity index is 2.92. The number of hydrogen-bond acceptors (Lipinski definition) is 6. The molecule has 0 bridgehead atoms. The average Bonchev–Trinajstić information content (AvgIpc) is 2.20. The van der Waals surface area contributed by atoms with Crippen LogP contribution >= 0.6 is 12.6 Å². The van der Waals surface area contributed by atoms with Crippen LogP contribution in [0, 0.1) is 0 Å². The second kappa shape index (κ2) is 4.92. The van der Waals surface area contributed by atoms with Crippen LogP contribution in [0.5, 0.6) is 0 Å². The minimum atomic E-state index is -1.83. The van der Waals surface area contributed by atoms with Crippen molar-refractivity contribution in [3.63, 3.8) is 0 Å². The number of ether oxygens (including phenoxy) is 1. The van der Waals surface area contributed by atoms with Gasteiger partial charge in [0.2, 0.25) is 0 Å². The van der Waals surface area contributed by atoms with Gasteiger partial charge in [0.1, 0.15) is 0 Å². The van der Waals surface area contributed by atoms with Crippen molar-refractivity contribution in [2.45, 2.75) is 40.4 Å². The van der Waals surface area contributed by atoms with E-state index in [1.807, 2.05) is 0 Å². The van der Waals surface area contributed by atoms with Crippen LogP contribution in [0.25, 0.3) is 0 Å². The fourth-order valence-electron chi connectivity index (χ4n) is 1.51. The molecule has 0 saturated carbocycles. The van der Waals surface area contributed by atoms with Crippen molar-refractivity contribution in [1.29, 1.82) is 0 Å². The molecular weight excluding hydrogens is 283 g/mol. The van der Waals surface area contributed by atoms with Gasteiger partial charge in [0.05, 0.1) is 0 Å². The summed E-state index contributed by atoms with van der Waals surface area (Å²) in [4.78, 5) is 0. The Morgan fingerprint density at radius 2 is 1.80 bits per heavy atom. The number of aliphatic hydroxyl groups is 4. The van der Waals surface area contributed by atoms with Crippen LogP contribution in [0.3, 0.4) is 0 Å². The van der Waals surface area contributed by atoms with Crippen molar-refractivity contribution in [2.75, 3.05) is 5.75 Å². The van der Waals surface area contributed by atoms with Crippen LogP contribution < -0.4 is 0 Å². The van der Waals surface area contributed by atoms with E-state index in [4.69, 9.17) is 4.74 Å². The number of rotatable bonds is 2. The van der Waals surface area contributed by atoms with Crippen molar-refractivity contribution in [3.05, 3.63) is 0 Å². The molecule has 1 aliphatic heterocycles. The fraction of sp³-hybridized carbons (Fsp3) is 1.00. The standard InChI is InChI=1S/C8H17AsO5S/c1-9(2)8(13)7(12)6(11)5(10)4(3-15)14-8/h4-7,10-13,15H,3H2,1-2H3/t4-,5-,6+,7-,8-/m1/s1. The van der Waals surface area contributed by atoms with Gasteiger partial charge >= 0.3 is 98.6 Å². The van der Waals surface area contributed by atoms with Crippen molar-refractivity contribution in [3.8, 4) is 0 Å². The summed E-state index contributed by atoms with van der Waals surface area (Å²) in [6.45, 7) is 0. The second-order valence-electron chi connectivity index (χ2n) is 3.82. The Hall–Kier alpha value is 0.708. The Morgan fingerprint density at radius 1 is 1.27 bits per heavy atom. The van der Waals surface area contributed by atoms with E-state index >= 15 is 0 Å². The molecule has 1 saturated heterocycles. The van der Waals surface area contributed by atoms with Gasteiger partial charge in [0.15, 0.2) is 0 Å². The summed E-state index contributed by atoms with van der Waals surface area (Å²) in [6.07, 6.45) is -4.82. The zero-order valence-electron chi connectivity index (χ0n) is 8.61. The first-order valence-electron chi connectivity index (χ1n) is 4.57. The van der Waals surface area contributed by atoms with E-state index in [-0.39, 0.29) is 5.75 Å². The maximum absolute atomic E-state index is 10.1. The molecule has 1 fully saturated rings. The number of thiol groups is 1. The summed E-state index contributed by atoms with van der Waals surface area (Å²) in [6, 6.07) is 0. The molecule has 90 valence electrons. The molecule has 0 aromatic rings. The molecule has 7 heteroatoms. The molecule has 0 unspecified atom stereocenters. The summed E-state index contributed by atoms with van der Waals surface area (Å²) in [5, 5.41) is 38.9. The average molecular weight is 300 g/mol. The first-order valence-corrected chi connectivity index (χ1v) is 9.89. The molecule has 0 aromatic carbocycles. The van der Waals surface area contributed by atoms with Gasteiger partial charge in [-0.05, 0) is 0 Å². The third-order valence-corrected chi connectivity index (χ3v) is 6.41. The van der Waals surface area contributed by atoms with Gasteiger partial charge in [0, 0.05) is 0 Å². The molecule has 0 aromatic heterocycles. The number of hydrogen-bond donors (Lipinski definition) is 5. The van der Waals surface area contributed by atoms with Gasteiger partial charge in [0.25, 0.3) is 0 Å². The van der Waals surface area contributed by atoms with Gasteiger partial charge in [-0.1, -0.05) is 0 Å². The van der Waals surface area contributed by atoms with Crippen molar-refractivity contribution >= 4 is 27.3 Å². The third kappa shape index (κ3) is 2.36. The summed E-state index contributed by atoms with van der Waals surface area (Å²) in [5.74, 6) is 0.176. The van der Waals surface area contributed by atoms with Crippen LogP contribution in [0.2, 0.25) is 11.4 Å². The third-order valence-electron chi connectivity index (χ3n) is 2.59. The first-order chi connectivity index (χ1) is 6.84. The van der Waals surface area contributed by atoms with E-state index in [0.717, 1.165) is 0 Å². The summed E-state index contributed by atoms with van der Waals surface area (Å²) >= 11 is 2.13. The molecule has 1 aliphatic rings. The molecule has 15 heavy (non-hydrogen) atoms. The zero-order valence-corrected chi connectivity index (χ0v) is 11.4. The van der Waals surface area contributed by atoms with Crippen molar-refractivity contribution < 1.29 is 25.2 Å². The van der Waals surface area contributed by atoms with Gasteiger partial charge in [-0.3, -0.25) is 0 Å². The Kier molecular flexibility index (Phi) is 4.51. The predicted octanol–water partition coefficient (Wildman–Crippen LogP) is -1.62. The quantitative estimate of drug-likeness (QED) is 0.312. The van der Waals surface area contributed by atoms with E-state index in [9.17, 15) is 20.4 Å². The van der Waals surface area contributed by atoms with Crippen LogP contribution in [0.1, 0.15) is 0 Å². The SMILES string of the molecule is C[As](C)[C@]1(O)O[C@H](CS)[C@@H](O)[C@H](O)[C@H]1O. The molecule has 5 atom stereocenters. The van der Waals surface area contributed by atoms with E-state index in [1.165, 1.54) is 0 Å². The molecule has 5 nitrogen and oxygen atoms in total. The Morgan fingerprint density at radius 3 is 2.20 bits per heavy atom. The van der Waals surface area contributed by atoms with E-state index in [1.54, 1.807) is 11.4 Å². The van der Waals surface area contributed by atoms with Gasteiger partial charge in [-0.25, -0.2) is 0 Å². The van der Waals surface area contributed by atoms with E-state index < -0.39 is 43.6 Å². The summed E-state index contributed by atoms with van der Waals surface area (Å²) in [5.41, 5.74) is 3.60. The Bertz CT molecular complexity index is 227.